The second-order valence-electron chi connectivity index (χ2n) is 7.39. The van der Waals surface area contributed by atoms with E-state index in [1.165, 1.54) is 32.0 Å². The molecule has 1 N–H and O–H groups in total. The van der Waals surface area contributed by atoms with E-state index in [-0.39, 0.29) is 17.3 Å². The molecule has 0 aliphatic carbocycles. The summed E-state index contributed by atoms with van der Waals surface area (Å²) in [5.41, 5.74) is 2.48. The number of carbonyl (C=O) groups excluding carboxylic acids is 2. The Labute approximate surface area is 176 Å². The summed E-state index contributed by atoms with van der Waals surface area (Å²) in [4.78, 5) is 26.6. The Morgan fingerprint density at radius 1 is 1.17 bits per heavy atom. The molecule has 0 spiro atoms. The van der Waals surface area contributed by atoms with E-state index in [4.69, 9.17) is 4.74 Å². The summed E-state index contributed by atoms with van der Waals surface area (Å²) in [6, 6.07) is 10.0. The van der Waals surface area contributed by atoms with Crippen LogP contribution >= 0.6 is 0 Å². The van der Waals surface area contributed by atoms with Crippen molar-refractivity contribution in [3.63, 3.8) is 0 Å². The lowest BCUT2D eigenvalue weighted by Gasteiger charge is -2.33. The summed E-state index contributed by atoms with van der Waals surface area (Å²) in [5, 5.41) is 2.78. The number of amides is 2. The standard InChI is InChI=1S/C21H25N3O5S/c1-13-10-16(30(27,28)23(4)5)11-17(14(13)2)22-21(26)20-12-24(15(3)25)18-8-6-7-9-19(18)29-20/h6-11,20H,12H2,1-5H3,(H,22,26)/t20-/m0/s1. The van der Waals surface area contributed by atoms with Crippen molar-refractivity contribution in [1.82, 2.24) is 4.31 Å². The zero-order valence-electron chi connectivity index (χ0n) is 17.6. The highest BCUT2D eigenvalue weighted by Gasteiger charge is 2.33. The molecule has 160 valence electrons. The predicted octanol–water partition coefficient (Wildman–Crippen LogP) is 2.31. The molecule has 0 unspecified atom stereocenters. The molecule has 1 atom stereocenters. The minimum Gasteiger partial charge on any atom is -0.476 e. The molecule has 2 amide bonds. The van der Waals surface area contributed by atoms with Gasteiger partial charge in [-0.15, -0.1) is 0 Å². The third-order valence-electron chi connectivity index (χ3n) is 5.12. The van der Waals surface area contributed by atoms with Gasteiger partial charge in [-0.05, 0) is 49.2 Å². The van der Waals surface area contributed by atoms with Crippen molar-refractivity contribution in [3.05, 3.63) is 47.5 Å². The van der Waals surface area contributed by atoms with Gasteiger partial charge in [0, 0.05) is 26.7 Å². The first-order valence-corrected chi connectivity index (χ1v) is 10.8. The first kappa shape index (κ1) is 21.8. The van der Waals surface area contributed by atoms with E-state index >= 15 is 0 Å². The van der Waals surface area contributed by atoms with E-state index in [1.54, 1.807) is 44.2 Å². The normalized spacial score (nSPS) is 16.1. The average molecular weight is 432 g/mol. The van der Waals surface area contributed by atoms with Crippen LogP contribution in [0.25, 0.3) is 0 Å². The number of benzene rings is 2. The highest BCUT2D eigenvalue weighted by atomic mass is 32.2. The Kier molecular flexibility index (Phi) is 5.87. The maximum atomic E-state index is 13.0. The summed E-state index contributed by atoms with van der Waals surface area (Å²) in [6.45, 7) is 5.08. The molecule has 1 heterocycles. The lowest BCUT2D eigenvalue weighted by atomic mass is 10.1. The maximum absolute atomic E-state index is 13.0. The summed E-state index contributed by atoms with van der Waals surface area (Å²) >= 11 is 0. The lowest BCUT2D eigenvalue weighted by molar-refractivity contribution is -0.123. The third kappa shape index (κ3) is 4.03. The molecular formula is C21H25N3O5S. The SMILES string of the molecule is CC(=O)N1C[C@@H](C(=O)Nc2cc(S(=O)(=O)N(C)C)cc(C)c2C)Oc2ccccc21. The number of sulfonamides is 1. The average Bonchev–Trinajstić information content (AvgIpc) is 2.69. The monoisotopic (exact) mass is 431 g/mol. The number of ether oxygens (including phenoxy) is 1. The Morgan fingerprint density at radius 2 is 1.83 bits per heavy atom. The number of fused-ring (bicyclic) bond motifs is 1. The van der Waals surface area contributed by atoms with E-state index in [2.05, 4.69) is 5.32 Å². The lowest BCUT2D eigenvalue weighted by Crippen LogP contribution is -2.48. The van der Waals surface area contributed by atoms with Gasteiger partial charge in [-0.2, -0.15) is 0 Å². The van der Waals surface area contributed by atoms with E-state index in [0.717, 1.165) is 15.4 Å². The third-order valence-corrected chi connectivity index (χ3v) is 6.92. The minimum absolute atomic E-state index is 0.0614. The van der Waals surface area contributed by atoms with Gasteiger partial charge in [-0.25, -0.2) is 12.7 Å². The summed E-state index contributed by atoms with van der Waals surface area (Å²) in [5.74, 6) is -0.219. The zero-order chi connectivity index (χ0) is 22.2. The first-order chi connectivity index (χ1) is 14.0. The second-order valence-corrected chi connectivity index (χ2v) is 9.55. The molecule has 3 rings (SSSR count). The number of hydrogen-bond acceptors (Lipinski definition) is 5. The van der Waals surface area contributed by atoms with Crippen LogP contribution in [-0.2, 0) is 19.6 Å². The molecule has 1 aliphatic heterocycles. The highest BCUT2D eigenvalue weighted by Crippen LogP contribution is 2.34. The summed E-state index contributed by atoms with van der Waals surface area (Å²) < 4.78 is 32.0. The van der Waals surface area contributed by atoms with Crippen molar-refractivity contribution < 1.29 is 22.7 Å². The van der Waals surface area contributed by atoms with Crippen LogP contribution in [0.4, 0.5) is 11.4 Å². The van der Waals surface area contributed by atoms with E-state index < -0.39 is 22.0 Å². The molecule has 9 heteroatoms. The Hall–Kier alpha value is -2.91. The van der Waals surface area contributed by atoms with Crippen LogP contribution in [-0.4, -0.2) is 51.3 Å². The van der Waals surface area contributed by atoms with Gasteiger partial charge in [0.2, 0.25) is 15.9 Å². The quantitative estimate of drug-likeness (QED) is 0.801. The van der Waals surface area contributed by atoms with Crippen LogP contribution in [0.15, 0.2) is 41.3 Å². The van der Waals surface area contributed by atoms with E-state index in [9.17, 15) is 18.0 Å². The molecule has 30 heavy (non-hydrogen) atoms. The number of para-hydroxylation sites is 2. The van der Waals surface area contributed by atoms with Gasteiger partial charge in [0.25, 0.3) is 5.91 Å². The van der Waals surface area contributed by atoms with Crippen LogP contribution < -0.4 is 15.0 Å². The van der Waals surface area contributed by atoms with Crippen molar-refractivity contribution >= 4 is 33.2 Å². The van der Waals surface area contributed by atoms with Crippen LogP contribution in [0.5, 0.6) is 5.75 Å². The molecule has 0 saturated carbocycles. The Bertz CT molecular complexity index is 1110. The van der Waals surface area contributed by atoms with E-state index in [1.807, 2.05) is 0 Å². The van der Waals surface area contributed by atoms with Crippen molar-refractivity contribution in [3.8, 4) is 5.75 Å². The topological polar surface area (TPSA) is 96.0 Å². The van der Waals surface area contributed by atoms with Gasteiger partial charge in [0.1, 0.15) is 5.75 Å². The summed E-state index contributed by atoms with van der Waals surface area (Å²) in [6.07, 6.45) is -0.933. The van der Waals surface area contributed by atoms with Gasteiger partial charge >= 0.3 is 0 Å². The van der Waals surface area contributed by atoms with Crippen LogP contribution in [0.2, 0.25) is 0 Å². The number of nitrogens with one attached hydrogen (secondary N) is 1. The largest absolute Gasteiger partial charge is 0.476 e. The van der Waals surface area contributed by atoms with Crippen LogP contribution in [0.3, 0.4) is 0 Å². The van der Waals surface area contributed by atoms with Gasteiger partial charge in [-0.3, -0.25) is 9.59 Å². The molecule has 8 nitrogen and oxygen atoms in total. The molecule has 2 aromatic carbocycles. The van der Waals surface area contributed by atoms with Gasteiger partial charge < -0.3 is 15.0 Å². The fourth-order valence-corrected chi connectivity index (χ4v) is 4.21. The molecule has 2 aromatic rings. The Morgan fingerprint density at radius 3 is 2.47 bits per heavy atom. The molecule has 0 aromatic heterocycles. The van der Waals surface area contributed by atoms with E-state index in [0.29, 0.717) is 17.1 Å². The van der Waals surface area contributed by atoms with Gasteiger partial charge in [0.15, 0.2) is 6.10 Å². The molecule has 0 fully saturated rings. The van der Waals surface area contributed by atoms with Crippen molar-refractivity contribution in [2.75, 3.05) is 30.9 Å². The van der Waals surface area contributed by atoms with Gasteiger partial charge in [-0.1, -0.05) is 12.1 Å². The number of anilines is 2. The summed E-state index contributed by atoms with van der Waals surface area (Å²) in [7, 11) is -0.760. The minimum atomic E-state index is -3.66. The number of nitrogens with zero attached hydrogens (tertiary/aromatic N) is 2. The molecule has 0 saturated heterocycles. The molecule has 0 radical (unpaired) electrons. The highest BCUT2D eigenvalue weighted by molar-refractivity contribution is 7.89. The fourth-order valence-electron chi connectivity index (χ4n) is 3.20. The van der Waals surface area contributed by atoms with Crippen molar-refractivity contribution in [2.45, 2.75) is 31.8 Å². The van der Waals surface area contributed by atoms with Crippen LogP contribution in [0, 0.1) is 13.8 Å². The predicted molar refractivity (Wildman–Crippen MR) is 114 cm³/mol. The van der Waals surface area contributed by atoms with Crippen molar-refractivity contribution in [2.24, 2.45) is 0 Å². The fraction of sp³-hybridized carbons (Fsp3) is 0.333. The zero-order valence-corrected chi connectivity index (χ0v) is 18.4. The second kappa shape index (κ2) is 8.08. The van der Waals surface area contributed by atoms with Crippen molar-refractivity contribution in [1.29, 1.82) is 0 Å². The maximum Gasteiger partial charge on any atom is 0.267 e. The number of rotatable bonds is 4. The van der Waals surface area contributed by atoms with Crippen LogP contribution in [0.1, 0.15) is 18.1 Å². The molecule has 0 bridgehead atoms. The molecular weight excluding hydrogens is 406 g/mol. The smallest absolute Gasteiger partial charge is 0.267 e. The Balaban J connectivity index is 1.91. The molecule has 1 aliphatic rings. The number of hydrogen-bond donors (Lipinski definition) is 1. The number of aryl methyl sites for hydroxylation is 1. The first-order valence-electron chi connectivity index (χ1n) is 9.40. The van der Waals surface area contributed by atoms with Gasteiger partial charge in [0.05, 0.1) is 17.1 Å². The number of carbonyl (C=O) groups is 2.